The zero-order valence-corrected chi connectivity index (χ0v) is 20.9. The number of amides is 2. The molecule has 1 fully saturated rings. The van der Waals surface area contributed by atoms with E-state index in [1.807, 2.05) is 0 Å². The van der Waals surface area contributed by atoms with Crippen LogP contribution in [0.5, 0.6) is 0 Å². The third-order valence-electron chi connectivity index (χ3n) is 4.62. The first-order valence-corrected chi connectivity index (χ1v) is 12.0. The minimum atomic E-state index is -0.526. The zero-order valence-electron chi connectivity index (χ0n) is 17.8. The molecular formula is C20H29BBrCl2N3O4. The fourth-order valence-electron chi connectivity index (χ4n) is 3.15. The quantitative estimate of drug-likeness (QED) is 0.367. The molecule has 1 heterocycles. The Morgan fingerprint density at radius 3 is 2.42 bits per heavy atom. The summed E-state index contributed by atoms with van der Waals surface area (Å²) in [5.74, 6) is -0.773. The molecule has 1 atom stereocenters. The van der Waals surface area contributed by atoms with Gasteiger partial charge in [-0.3, -0.25) is 9.59 Å². The molecule has 0 aromatic heterocycles. The minimum Gasteiger partial charge on any atom is -0.410 e. The van der Waals surface area contributed by atoms with E-state index >= 15 is 0 Å². The van der Waals surface area contributed by atoms with Crippen LogP contribution in [0.15, 0.2) is 16.6 Å². The van der Waals surface area contributed by atoms with Crippen molar-refractivity contribution in [3.8, 4) is 0 Å². The molecule has 1 saturated heterocycles. The van der Waals surface area contributed by atoms with E-state index in [-0.39, 0.29) is 29.0 Å². The lowest BCUT2D eigenvalue weighted by Crippen LogP contribution is -2.52. The van der Waals surface area contributed by atoms with Crippen LogP contribution in [0.25, 0.3) is 0 Å². The standard InChI is InChI=1S/C20H29BBrCl2N3O4/c1-13(2)9-18(21-30-7-3-5-25-6-4-8-31-21)27-19(28)12-26-20(29)14-10-15(22)17(24)11-16(14)23/h10-11,13,18,25H,3-9,12H2,1-2H3,(H,26,29)(H,27,28)/t18-/m0/s1. The van der Waals surface area contributed by atoms with Gasteiger partial charge in [0.05, 0.1) is 28.1 Å². The van der Waals surface area contributed by atoms with Crippen LogP contribution in [-0.2, 0) is 14.1 Å². The van der Waals surface area contributed by atoms with Gasteiger partial charge in [-0.1, -0.05) is 37.0 Å². The Morgan fingerprint density at radius 2 is 1.81 bits per heavy atom. The predicted octanol–water partition coefficient (Wildman–Crippen LogP) is 3.46. The summed E-state index contributed by atoms with van der Waals surface area (Å²) < 4.78 is 12.4. The van der Waals surface area contributed by atoms with Gasteiger partial charge in [-0.15, -0.1) is 0 Å². The van der Waals surface area contributed by atoms with Gasteiger partial charge in [-0.05, 0) is 66.3 Å². The van der Waals surface area contributed by atoms with E-state index in [0.29, 0.717) is 35.0 Å². The summed E-state index contributed by atoms with van der Waals surface area (Å²) in [5.41, 5.74) is 0.233. The van der Waals surface area contributed by atoms with E-state index in [1.165, 1.54) is 12.1 Å². The Balaban J connectivity index is 1.96. The van der Waals surface area contributed by atoms with Crippen LogP contribution in [0.1, 0.15) is 43.5 Å². The molecule has 0 bridgehead atoms. The van der Waals surface area contributed by atoms with Crippen LogP contribution < -0.4 is 16.0 Å². The van der Waals surface area contributed by atoms with Crippen molar-refractivity contribution in [2.24, 2.45) is 5.92 Å². The van der Waals surface area contributed by atoms with Crippen molar-refractivity contribution in [1.82, 2.24) is 16.0 Å². The smallest absolute Gasteiger partial charge is 0.410 e. The first-order valence-electron chi connectivity index (χ1n) is 10.4. The number of halogens is 3. The fraction of sp³-hybridized carbons (Fsp3) is 0.600. The lowest BCUT2D eigenvalue weighted by Gasteiger charge is -2.27. The summed E-state index contributed by atoms with van der Waals surface area (Å²) in [6.45, 7) is 6.83. The molecule has 172 valence electrons. The van der Waals surface area contributed by atoms with Gasteiger partial charge in [-0.25, -0.2) is 0 Å². The van der Waals surface area contributed by atoms with E-state index in [2.05, 4.69) is 45.7 Å². The lowest BCUT2D eigenvalue weighted by molar-refractivity contribution is -0.120. The van der Waals surface area contributed by atoms with E-state index in [0.717, 1.165) is 25.9 Å². The van der Waals surface area contributed by atoms with Crippen molar-refractivity contribution in [2.45, 2.75) is 39.1 Å². The third kappa shape index (κ3) is 9.28. The second kappa shape index (κ2) is 13.7. The molecule has 2 rings (SSSR count). The number of hydrogen-bond donors (Lipinski definition) is 3. The van der Waals surface area contributed by atoms with Crippen LogP contribution in [0, 0.1) is 5.92 Å². The van der Waals surface area contributed by atoms with Gasteiger partial charge in [0, 0.05) is 17.7 Å². The number of nitrogens with one attached hydrogen (secondary N) is 3. The Morgan fingerprint density at radius 1 is 1.16 bits per heavy atom. The van der Waals surface area contributed by atoms with E-state index in [9.17, 15) is 9.59 Å². The van der Waals surface area contributed by atoms with Crippen molar-refractivity contribution < 1.29 is 18.9 Å². The Bertz CT molecular complexity index is 747. The number of carbonyl (C=O) groups excluding carboxylic acids is 2. The molecule has 11 heteroatoms. The molecular weight excluding hydrogens is 508 g/mol. The highest BCUT2D eigenvalue weighted by atomic mass is 79.9. The first kappa shape index (κ1) is 26.4. The van der Waals surface area contributed by atoms with Crippen LogP contribution in [0.2, 0.25) is 10.0 Å². The summed E-state index contributed by atoms with van der Waals surface area (Å²) in [5, 5.41) is 9.50. The molecule has 0 spiro atoms. The van der Waals surface area contributed by atoms with Crippen LogP contribution in [0.3, 0.4) is 0 Å². The molecule has 1 aromatic carbocycles. The highest BCUT2D eigenvalue weighted by molar-refractivity contribution is 9.10. The highest BCUT2D eigenvalue weighted by Crippen LogP contribution is 2.29. The summed E-state index contributed by atoms with van der Waals surface area (Å²) in [6, 6.07) is 3.00. The molecule has 0 unspecified atom stereocenters. The van der Waals surface area contributed by atoms with Gasteiger partial charge < -0.3 is 25.3 Å². The minimum absolute atomic E-state index is 0.194. The summed E-state index contributed by atoms with van der Waals surface area (Å²) in [6.07, 6.45) is 2.43. The molecule has 2 amide bonds. The maximum atomic E-state index is 12.6. The van der Waals surface area contributed by atoms with Gasteiger partial charge in [0.25, 0.3) is 5.91 Å². The number of rotatable bonds is 7. The summed E-state index contributed by atoms with van der Waals surface area (Å²) >= 11 is 15.4. The molecule has 0 saturated carbocycles. The van der Waals surface area contributed by atoms with E-state index in [1.54, 1.807) is 0 Å². The van der Waals surface area contributed by atoms with E-state index in [4.69, 9.17) is 32.5 Å². The summed E-state index contributed by atoms with van der Waals surface area (Å²) in [4.78, 5) is 25.0. The Kier molecular flexibility index (Phi) is 11.6. The van der Waals surface area contributed by atoms with Crippen molar-refractivity contribution >= 4 is 58.1 Å². The van der Waals surface area contributed by atoms with Gasteiger partial charge >= 0.3 is 7.12 Å². The number of hydrogen-bond acceptors (Lipinski definition) is 5. The number of benzene rings is 1. The average Bonchev–Trinajstić information content (AvgIpc) is 2.72. The fourth-order valence-corrected chi connectivity index (χ4v) is 3.97. The van der Waals surface area contributed by atoms with Gasteiger partial charge in [-0.2, -0.15) is 0 Å². The second-order valence-corrected chi connectivity index (χ2v) is 9.47. The van der Waals surface area contributed by atoms with Crippen LogP contribution in [0.4, 0.5) is 0 Å². The van der Waals surface area contributed by atoms with Crippen LogP contribution in [-0.4, -0.2) is 57.7 Å². The largest absolute Gasteiger partial charge is 0.480 e. The monoisotopic (exact) mass is 535 g/mol. The first-order chi connectivity index (χ1) is 14.8. The number of carbonyl (C=O) groups is 2. The van der Waals surface area contributed by atoms with Gasteiger partial charge in [0.15, 0.2) is 0 Å². The molecule has 1 aromatic rings. The predicted molar refractivity (Wildman–Crippen MR) is 128 cm³/mol. The summed E-state index contributed by atoms with van der Waals surface area (Å²) in [7, 11) is -0.526. The molecule has 1 aliphatic heterocycles. The maximum Gasteiger partial charge on any atom is 0.480 e. The van der Waals surface area contributed by atoms with E-state index < -0.39 is 13.0 Å². The molecule has 0 radical (unpaired) electrons. The van der Waals surface area contributed by atoms with Crippen molar-refractivity contribution in [2.75, 3.05) is 32.8 Å². The highest BCUT2D eigenvalue weighted by Gasteiger charge is 2.32. The molecule has 0 aliphatic carbocycles. The molecule has 31 heavy (non-hydrogen) atoms. The normalized spacial score (nSPS) is 16.6. The topological polar surface area (TPSA) is 88.7 Å². The molecule has 7 nitrogen and oxygen atoms in total. The van der Waals surface area contributed by atoms with Gasteiger partial charge in [0.2, 0.25) is 5.91 Å². The molecule has 1 aliphatic rings. The molecule has 3 N–H and O–H groups in total. The van der Waals surface area contributed by atoms with Crippen molar-refractivity contribution in [3.05, 3.63) is 32.2 Å². The van der Waals surface area contributed by atoms with Crippen LogP contribution >= 0.6 is 39.1 Å². The lowest BCUT2D eigenvalue weighted by atomic mass is 9.73. The Labute approximate surface area is 202 Å². The Hall–Kier alpha value is -0.835. The average molecular weight is 537 g/mol. The third-order valence-corrected chi connectivity index (χ3v) is 6.13. The van der Waals surface area contributed by atoms with Crippen molar-refractivity contribution in [1.29, 1.82) is 0 Å². The second-order valence-electron chi connectivity index (χ2n) is 7.80. The zero-order chi connectivity index (χ0) is 22.8. The van der Waals surface area contributed by atoms with Gasteiger partial charge in [0.1, 0.15) is 0 Å². The van der Waals surface area contributed by atoms with Crippen molar-refractivity contribution in [3.63, 3.8) is 0 Å². The maximum absolute atomic E-state index is 12.6. The SMILES string of the molecule is CC(C)C[C@H](NC(=O)CNC(=O)c1cc(Br)c(Cl)cc1Cl)B1OCCCNCCCO1.